The summed E-state index contributed by atoms with van der Waals surface area (Å²) in [5.41, 5.74) is 3.19. The van der Waals surface area contributed by atoms with Gasteiger partial charge in [0, 0.05) is 30.3 Å². The van der Waals surface area contributed by atoms with Crippen LogP contribution < -0.4 is 0 Å². The van der Waals surface area contributed by atoms with Crippen LogP contribution in [-0.2, 0) is 6.42 Å². The van der Waals surface area contributed by atoms with Crippen molar-refractivity contribution in [1.82, 2.24) is 4.90 Å². The molecule has 1 fully saturated rings. The number of nitrogens with zero attached hydrogens (tertiary/aromatic N) is 1. The summed E-state index contributed by atoms with van der Waals surface area (Å²) in [5.74, 6) is 0.910. The van der Waals surface area contributed by atoms with E-state index in [1.54, 1.807) is 0 Å². The molecule has 2 heterocycles. The standard InChI is InChI=1S/C19H25NO3/c1-12(2)5-14-9-20-4-3-13-6-15(10-21)16(11-22)7-17(13)18(20)8-19(14)23/h6-7,10-12,14,18-19,23H,3-5,8-9H2,1-2H3/t14-,18-,19-/m0/s1. The van der Waals surface area contributed by atoms with E-state index >= 15 is 0 Å². The highest BCUT2D eigenvalue weighted by Crippen LogP contribution is 2.40. The number of carbonyl (C=O) groups excluding carboxylic acids is 2. The smallest absolute Gasteiger partial charge is 0.150 e. The van der Waals surface area contributed by atoms with Gasteiger partial charge in [0.25, 0.3) is 0 Å². The lowest BCUT2D eigenvalue weighted by molar-refractivity contribution is -0.0191. The van der Waals surface area contributed by atoms with Gasteiger partial charge in [0.1, 0.15) is 0 Å². The number of rotatable bonds is 4. The van der Waals surface area contributed by atoms with E-state index in [0.717, 1.165) is 49.6 Å². The number of hydrogen-bond acceptors (Lipinski definition) is 4. The van der Waals surface area contributed by atoms with Gasteiger partial charge in [0.15, 0.2) is 12.6 Å². The van der Waals surface area contributed by atoms with Crippen molar-refractivity contribution in [3.8, 4) is 0 Å². The van der Waals surface area contributed by atoms with Gasteiger partial charge in [-0.05, 0) is 54.4 Å². The maximum atomic E-state index is 11.2. The van der Waals surface area contributed by atoms with Crippen LogP contribution in [0.25, 0.3) is 0 Å². The van der Waals surface area contributed by atoms with Crippen molar-refractivity contribution in [3.05, 3.63) is 34.4 Å². The molecule has 0 saturated carbocycles. The molecule has 3 atom stereocenters. The van der Waals surface area contributed by atoms with Crippen molar-refractivity contribution >= 4 is 12.6 Å². The summed E-state index contributed by atoms with van der Waals surface area (Å²) in [4.78, 5) is 24.8. The first-order chi connectivity index (χ1) is 11.0. The molecule has 1 saturated heterocycles. The Balaban J connectivity index is 1.90. The topological polar surface area (TPSA) is 57.6 Å². The van der Waals surface area contributed by atoms with Gasteiger partial charge in [-0.2, -0.15) is 0 Å². The van der Waals surface area contributed by atoms with Crippen LogP contribution in [0.2, 0.25) is 0 Å². The minimum atomic E-state index is -0.296. The summed E-state index contributed by atoms with van der Waals surface area (Å²) in [6.07, 6.45) is 3.87. The molecular formula is C19H25NO3. The van der Waals surface area contributed by atoms with Gasteiger partial charge in [0.2, 0.25) is 0 Å². The molecule has 4 nitrogen and oxygen atoms in total. The lowest BCUT2D eigenvalue weighted by Gasteiger charge is -2.46. The average Bonchev–Trinajstić information content (AvgIpc) is 2.53. The number of hydrogen-bond donors (Lipinski definition) is 1. The molecular weight excluding hydrogens is 290 g/mol. The molecule has 0 amide bonds. The molecule has 0 bridgehead atoms. The zero-order valence-corrected chi connectivity index (χ0v) is 13.9. The fraction of sp³-hybridized carbons (Fsp3) is 0.579. The van der Waals surface area contributed by atoms with E-state index < -0.39 is 0 Å². The van der Waals surface area contributed by atoms with E-state index in [-0.39, 0.29) is 12.1 Å². The van der Waals surface area contributed by atoms with Gasteiger partial charge in [0.05, 0.1) is 6.10 Å². The van der Waals surface area contributed by atoms with E-state index in [1.165, 1.54) is 0 Å². The number of aldehydes is 2. The fourth-order valence-electron chi connectivity index (χ4n) is 4.22. The highest BCUT2D eigenvalue weighted by Gasteiger charge is 2.38. The van der Waals surface area contributed by atoms with E-state index in [2.05, 4.69) is 18.7 Å². The molecule has 0 radical (unpaired) electrons. The van der Waals surface area contributed by atoms with Gasteiger partial charge < -0.3 is 5.11 Å². The maximum absolute atomic E-state index is 11.2. The van der Waals surface area contributed by atoms with E-state index in [0.29, 0.717) is 29.4 Å². The van der Waals surface area contributed by atoms with Crippen LogP contribution in [0.15, 0.2) is 12.1 Å². The minimum Gasteiger partial charge on any atom is -0.393 e. The van der Waals surface area contributed by atoms with Gasteiger partial charge in [-0.25, -0.2) is 0 Å². The Morgan fingerprint density at radius 3 is 2.61 bits per heavy atom. The highest BCUT2D eigenvalue weighted by molar-refractivity contribution is 5.91. The molecule has 0 spiro atoms. The van der Waals surface area contributed by atoms with Gasteiger partial charge in [-0.3, -0.25) is 14.5 Å². The SMILES string of the molecule is CC(C)C[C@H]1CN2CCc3cc(C=O)c(C=O)cc3[C@@H]2C[C@@H]1O. The van der Waals surface area contributed by atoms with Crippen molar-refractivity contribution in [2.75, 3.05) is 13.1 Å². The molecule has 0 aromatic heterocycles. The van der Waals surface area contributed by atoms with Crippen LogP contribution in [0.4, 0.5) is 0 Å². The zero-order chi connectivity index (χ0) is 16.6. The molecule has 0 aliphatic carbocycles. The van der Waals surface area contributed by atoms with Crippen LogP contribution in [0, 0.1) is 11.8 Å². The Hall–Kier alpha value is -1.52. The molecule has 23 heavy (non-hydrogen) atoms. The summed E-state index contributed by atoms with van der Waals surface area (Å²) in [7, 11) is 0. The molecule has 3 rings (SSSR count). The van der Waals surface area contributed by atoms with Crippen LogP contribution in [0.5, 0.6) is 0 Å². The zero-order valence-electron chi connectivity index (χ0n) is 13.9. The predicted molar refractivity (Wildman–Crippen MR) is 88.8 cm³/mol. The molecule has 124 valence electrons. The average molecular weight is 315 g/mol. The van der Waals surface area contributed by atoms with E-state index in [4.69, 9.17) is 0 Å². The quantitative estimate of drug-likeness (QED) is 0.868. The summed E-state index contributed by atoms with van der Waals surface area (Å²) < 4.78 is 0. The molecule has 1 aromatic rings. The Labute approximate surface area is 137 Å². The second-order valence-electron chi connectivity index (χ2n) is 7.37. The van der Waals surface area contributed by atoms with Crippen molar-refractivity contribution in [1.29, 1.82) is 0 Å². The van der Waals surface area contributed by atoms with Gasteiger partial charge in [-0.1, -0.05) is 13.8 Å². The van der Waals surface area contributed by atoms with Gasteiger partial charge >= 0.3 is 0 Å². The lowest BCUT2D eigenvalue weighted by Crippen LogP contribution is -2.48. The van der Waals surface area contributed by atoms with Crippen molar-refractivity contribution in [3.63, 3.8) is 0 Å². The lowest BCUT2D eigenvalue weighted by atomic mass is 9.78. The Bertz CT molecular complexity index is 611. The number of fused-ring (bicyclic) bond motifs is 3. The van der Waals surface area contributed by atoms with Crippen LogP contribution >= 0.6 is 0 Å². The summed E-state index contributed by atoms with van der Waals surface area (Å²) in [6, 6.07) is 3.88. The molecule has 0 unspecified atom stereocenters. The monoisotopic (exact) mass is 315 g/mol. The first kappa shape index (κ1) is 16.3. The number of piperidine rings is 1. The summed E-state index contributed by atoms with van der Waals surface area (Å²) >= 11 is 0. The van der Waals surface area contributed by atoms with Crippen LogP contribution in [0.3, 0.4) is 0 Å². The van der Waals surface area contributed by atoms with Crippen LogP contribution in [0.1, 0.15) is 64.6 Å². The first-order valence-electron chi connectivity index (χ1n) is 8.52. The predicted octanol–water partition coefficient (Wildman–Crippen LogP) is 2.64. The van der Waals surface area contributed by atoms with Gasteiger partial charge in [-0.15, -0.1) is 0 Å². The fourth-order valence-corrected chi connectivity index (χ4v) is 4.22. The molecule has 2 aliphatic rings. The largest absolute Gasteiger partial charge is 0.393 e. The molecule has 4 heteroatoms. The Kier molecular flexibility index (Phi) is 4.64. The third-order valence-corrected chi connectivity index (χ3v) is 5.32. The first-order valence-corrected chi connectivity index (χ1v) is 8.52. The second kappa shape index (κ2) is 6.54. The van der Waals surface area contributed by atoms with Crippen molar-refractivity contribution in [2.24, 2.45) is 11.8 Å². The normalized spacial score (nSPS) is 27.4. The third kappa shape index (κ3) is 3.10. The second-order valence-corrected chi connectivity index (χ2v) is 7.37. The van der Waals surface area contributed by atoms with Crippen molar-refractivity contribution < 1.29 is 14.7 Å². The van der Waals surface area contributed by atoms with Crippen LogP contribution in [-0.4, -0.2) is 41.8 Å². The number of carbonyl (C=O) groups is 2. The number of benzene rings is 1. The molecule has 1 aromatic carbocycles. The highest BCUT2D eigenvalue weighted by atomic mass is 16.3. The third-order valence-electron chi connectivity index (χ3n) is 5.32. The molecule has 1 N–H and O–H groups in total. The summed E-state index contributed by atoms with van der Waals surface area (Å²) in [6.45, 7) is 6.26. The van der Waals surface area contributed by atoms with Crippen molar-refractivity contribution in [2.45, 2.75) is 45.3 Å². The maximum Gasteiger partial charge on any atom is 0.150 e. The van der Waals surface area contributed by atoms with E-state index in [9.17, 15) is 14.7 Å². The number of aliphatic hydroxyl groups is 1. The number of aliphatic hydroxyl groups excluding tert-OH is 1. The Morgan fingerprint density at radius 1 is 1.26 bits per heavy atom. The Morgan fingerprint density at radius 2 is 1.96 bits per heavy atom. The van der Waals surface area contributed by atoms with E-state index in [1.807, 2.05) is 12.1 Å². The minimum absolute atomic E-state index is 0.163. The summed E-state index contributed by atoms with van der Waals surface area (Å²) in [5, 5.41) is 10.6. The molecule has 2 aliphatic heterocycles.